The lowest BCUT2D eigenvalue weighted by molar-refractivity contribution is -0.139. The number of carbonyl (C=O) groups excluding carboxylic acids is 1. The third-order valence-corrected chi connectivity index (χ3v) is 3.33. The first kappa shape index (κ1) is 15.1. The molecular formula is C14H17F3O3. The summed E-state index contributed by atoms with van der Waals surface area (Å²) in [5.41, 5.74) is -1.64. The van der Waals surface area contributed by atoms with Crippen LogP contribution in [0.1, 0.15) is 54.6 Å². The molecule has 1 aromatic heterocycles. The maximum absolute atomic E-state index is 13.2. The summed E-state index contributed by atoms with van der Waals surface area (Å²) in [6.45, 7) is 5.37. The monoisotopic (exact) mass is 290 g/mol. The van der Waals surface area contributed by atoms with Crippen LogP contribution in [-0.2, 0) is 23.9 Å². The molecule has 2 rings (SSSR count). The summed E-state index contributed by atoms with van der Waals surface area (Å²) in [6, 6.07) is 0. The molecule has 0 saturated heterocycles. The molecule has 0 spiro atoms. The molecule has 6 heteroatoms. The van der Waals surface area contributed by atoms with Crippen molar-refractivity contribution < 1.29 is 27.1 Å². The van der Waals surface area contributed by atoms with E-state index in [9.17, 15) is 18.0 Å². The van der Waals surface area contributed by atoms with Gasteiger partial charge in [0.1, 0.15) is 23.7 Å². The maximum Gasteiger partial charge on any atom is 0.420 e. The highest BCUT2D eigenvalue weighted by molar-refractivity contribution is 6.00. The zero-order valence-electron chi connectivity index (χ0n) is 11.7. The van der Waals surface area contributed by atoms with Crippen molar-refractivity contribution in [1.29, 1.82) is 0 Å². The second-order valence-corrected chi connectivity index (χ2v) is 5.77. The van der Waals surface area contributed by atoms with Crippen molar-refractivity contribution >= 4 is 5.78 Å². The third-order valence-electron chi connectivity index (χ3n) is 3.33. The summed E-state index contributed by atoms with van der Waals surface area (Å²) in [4.78, 5) is 12.1. The van der Waals surface area contributed by atoms with E-state index in [0.717, 1.165) is 0 Å². The number of hydrogen-bond acceptors (Lipinski definition) is 3. The second-order valence-electron chi connectivity index (χ2n) is 5.77. The van der Waals surface area contributed by atoms with Crippen molar-refractivity contribution in [2.24, 2.45) is 5.41 Å². The molecule has 3 nitrogen and oxygen atoms in total. The van der Waals surface area contributed by atoms with E-state index < -0.39 is 17.5 Å². The van der Waals surface area contributed by atoms with Crippen LogP contribution >= 0.6 is 0 Å². The predicted octanol–water partition coefficient (Wildman–Crippen LogP) is 3.99. The van der Waals surface area contributed by atoms with Gasteiger partial charge in [-0.25, -0.2) is 0 Å². The number of ketones is 1. The first-order valence-corrected chi connectivity index (χ1v) is 6.48. The Hall–Kier alpha value is -1.30. The highest BCUT2D eigenvalue weighted by Crippen LogP contribution is 2.44. The van der Waals surface area contributed by atoms with E-state index >= 15 is 0 Å². The lowest BCUT2D eigenvalue weighted by Crippen LogP contribution is -2.27. The van der Waals surface area contributed by atoms with Crippen LogP contribution in [-0.4, -0.2) is 12.4 Å². The van der Waals surface area contributed by atoms with E-state index in [4.69, 9.17) is 9.15 Å². The number of halogens is 3. The molecule has 0 aromatic carbocycles. The summed E-state index contributed by atoms with van der Waals surface area (Å²) in [7, 11) is 0. The highest BCUT2D eigenvalue weighted by atomic mass is 19.4. The van der Waals surface area contributed by atoms with Crippen molar-refractivity contribution in [3.8, 4) is 0 Å². The van der Waals surface area contributed by atoms with Gasteiger partial charge in [-0.15, -0.1) is 0 Å². The minimum Gasteiger partial charge on any atom is -0.462 e. The lowest BCUT2D eigenvalue weighted by atomic mass is 9.75. The first-order chi connectivity index (χ1) is 9.15. The fraction of sp³-hybridized carbons (Fsp3) is 0.643. The summed E-state index contributed by atoms with van der Waals surface area (Å²) in [5.74, 6) is -0.668. The van der Waals surface area contributed by atoms with Crippen molar-refractivity contribution in [3.63, 3.8) is 0 Å². The minimum absolute atomic E-state index is 0.0939. The summed E-state index contributed by atoms with van der Waals surface area (Å²) >= 11 is 0. The third kappa shape index (κ3) is 2.75. The maximum atomic E-state index is 13.2. The van der Waals surface area contributed by atoms with Gasteiger partial charge in [-0.2, -0.15) is 13.2 Å². The summed E-state index contributed by atoms with van der Waals surface area (Å²) in [5, 5.41) is 0. The van der Waals surface area contributed by atoms with Crippen molar-refractivity contribution in [1.82, 2.24) is 0 Å². The van der Waals surface area contributed by atoms with Gasteiger partial charge in [-0.1, -0.05) is 13.8 Å². The zero-order valence-corrected chi connectivity index (χ0v) is 11.7. The molecule has 1 heterocycles. The molecule has 20 heavy (non-hydrogen) atoms. The van der Waals surface area contributed by atoms with Gasteiger partial charge in [0, 0.05) is 19.4 Å². The van der Waals surface area contributed by atoms with Gasteiger partial charge in [0.25, 0.3) is 0 Å². The van der Waals surface area contributed by atoms with Crippen LogP contribution < -0.4 is 0 Å². The molecule has 0 saturated carbocycles. The minimum atomic E-state index is -4.61. The quantitative estimate of drug-likeness (QED) is 0.845. The molecular weight excluding hydrogens is 273 g/mol. The number of fused-ring (bicyclic) bond motifs is 1. The van der Waals surface area contributed by atoms with Crippen LogP contribution in [0.5, 0.6) is 0 Å². The number of rotatable bonds is 3. The SMILES string of the molecule is CCOCc1oc2c(c1C(F)(F)F)C(=O)CC(C)(C)C2. The molecule has 0 bridgehead atoms. The Morgan fingerprint density at radius 3 is 2.50 bits per heavy atom. The van der Waals surface area contributed by atoms with Crippen molar-refractivity contribution in [3.05, 3.63) is 22.6 Å². The molecule has 0 atom stereocenters. The number of ether oxygens (including phenoxy) is 1. The molecule has 1 aromatic rings. The summed E-state index contributed by atoms with van der Waals surface area (Å²) < 4.78 is 49.9. The highest BCUT2D eigenvalue weighted by Gasteiger charge is 2.46. The van der Waals surface area contributed by atoms with Crippen LogP contribution in [0.3, 0.4) is 0 Å². The average Bonchev–Trinajstić information content (AvgIpc) is 2.62. The summed E-state index contributed by atoms with van der Waals surface area (Å²) in [6.07, 6.45) is -4.19. The molecule has 0 aliphatic heterocycles. The molecule has 0 amide bonds. The predicted molar refractivity (Wildman–Crippen MR) is 65.5 cm³/mol. The molecule has 0 N–H and O–H groups in total. The van der Waals surface area contributed by atoms with Gasteiger partial charge >= 0.3 is 6.18 Å². The molecule has 1 aliphatic rings. The molecule has 0 radical (unpaired) electrons. The van der Waals surface area contributed by atoms with Crippen LogP contribution in [0.2, 0.25) is 0 Å². The second kappa shape index (κ2) is 4.91. The van der Waals surface area contributed by atoms with Gasteiger partial charge in [-0.3, -0.25) is 4.79 Å². The zero-order chi connectivity index (χ0) is 15.1. The van der Waals surface area contributed by atoms with Crippen LogP contribution in [0, 0.1) is 5.41 Å². The first-order valence-electron chi connectivity index (χ1n) is 6.48. The Kier molecular flexibility index (Phi) is 3.71. The lowest BCUT2D eigenvalue weighted by Gasteiger charge is -2.27. The Bertz CT molecular complexity index is 527. The molecule has 112 valence electrons. The number of alkyl halides is 3. The van der Waals surface area contributed by atoms with E-state index in [1.54, 1.807) is 6.92 Å². The largest absolute Gasteiger partial charge is 0.462 e. The van der Waals surface area contributed by atoms with Crippen LogP contribution in [0.25, 0.3) is 0 Å². The Morgan fingerprint density at radius 1 is 1.30 bits per heavy atom. The molecule has 0 fully saturated rings. The number of furan rings is 1. The van der Waals surface area contributed by atoms with E-state index in [0.29, 0.717) is 6.42 Å². The van der Waals surface area contributed by atoms with Gasteiger partial charge in [0.05, 0.1) is 5.56 Å². The van der Waals surface area contributed by atoms with Crippen LogP contribution in [0.4, 0.5) is 13.2 Å². The van der Waals surface area contributed by atoms with Gasteiger partial charge in [-0.05, 0) is 12.3 Å². The van der Waals surface area contributed by atoms with Gasteiger partial charge in [0.2, 0.25) is 0 Å². The number of carbonyl (C=O) groups is 1. The normalized spacial score (nSPS) is 18.2. The number of Topliss-reactive ketones (excluding diaryl/α,β-unsaturated/α-hetero) is 1. The smallest absolute Gasteiger partial charge is 0.420 e. The van der Waals surface area contributed by atoms with Crippen LogP contribution in [0.15, 0.2) is 4.42 Å². The Labute approximate surface area is 115 Å². The molecule has 1 aliphatic carbocycles. The topological polar surface area (TPSA) is 39.4 Å². The van der Waals surface area contributed by atoms with E-state index in [1.165, 1.54) is 0 Å². The molecule has 0 unspecified atom stereocenters. The van der Waals surface area contributed by atoms with E-state index in [1.807, 2.05) is 13.8 Å². The number of hydrogen-bond donors (Lipinski definition) is 0. The van der Waals surface area contributed by atoms with E-state index in [2.05, 4.69) is 0 Å². The fourth-order valence-electron chi connectivity index (χ4n) is 2.57. The Morgan fingerprint density at radius 2 is 1.95 bits per heavy atom. The van der Waals surface area contributed by atoms with Gasteiger partial charge in [0.15, 0.2) is 5.78 Å². The van der Waals surface area contributed by atoms with Gasteiger partial charge < -0.3 is 9.15 Å². The van der Waals surface area contributed by atoms with E-state index in [-0.39, 0.29) is 42.1 Å². The van der Waals surface area contributed by atoms with Crippen molar-refractivity contribution in [2.45, 2.75) is 46.4 Å². The standard InChI is InChI=1S/C14H17F3O3/c1-4-19-7-10-12(14(15,16)17)11-8(18)5-13(2,3)6-9(11)20-10/h4-7H2,1-3H3. The Balaban J connectivity index is 2.54. The average molecular weight is 290 g/mol. The van der Waals surface area contributed by atoms with Crippen molar-refractivity contribution in [2.75, 3.05) is 6.61 Å². The fourth-order valence-corrected chi connectivity index (χ4v) is 2.57.